The SMILES string of the molecule is CC[C@@]1(O)C(=O)OCc2c1cc1n(c2=O)Cc2cc3c(CN4CCN(C)CC4)c(OC(=O)N4CCN(C(=O)OC(C)(C)C)CC4)ccc3nc2-1. The summed E-state index contributed by atoms with van der Waals surface area (Å²) in [6, 6.07) is 7.29. The van der Waals surface area contributed by atoms with Gasteiger partial charge in [0.15, 0.2) is 5.60 Å². The van der Waals surface area contributed by atoms with Gasteiger partial charge in [-0.3, -0.25) is 9.69 Å². The van der Waals surface area contributed by atoms with Crippen molar-refractivity contribution in [1.82, 2.24) is 29.2 Å². The average molecular weight is 689 g/mol. The molecule has 2 amide bonds. The first kappa shape index (κ1) is 33.9. The number of aliphatic hydroxyl groups is 1. The predicted octanol–water partition coefficient (Wildman–Crippen LogP) is 2.88. The van der Waals surface area contributed by atoms with Crippen molar-refractivity contribution in [3.05, 3.63) is 56.9 Å². The Bertz CT molecular complexity index is 1940. The van der Waals surface area contributed by atoms with E-state index in [9.17, 15) is 24.3 Å². The molecule has 2 saturated heterocycles. The van der Waals surface area contributed by atoms with Gasteiger partial charge in [0.1, 0.15) is 18.0 Å². The molecule has 0 saturated carbocycles. The monoisotopic (exact) mass is 688 g/mol. The van der Waals surface area contributed by atoms with E-state index in [1.54, 1.807) is 33.4 Å². The van der Waals surface area contributed by atoms with Crippen LogP contribution in [0.2, 0.25) is 0 Å². The van der Waals surface area contributed by atoms with Crippen LogP contribution in [0.1, 0.15) is 56.4 Å². The molecule has 6 heterocycles. The van der Waals surface area contributed by atoms with Crippen molar-refractivity contribution in [2.75, 3.05) is 59.4 Å². The molecule has 0 bridgehead atoms. The first-order valence-electron chi connectivity index (χ1n) is 17.2. The van der Waals surface area contributed by atoms with Gasteiger partial charge in [0.25, 0.3) is 5.56 Å². The van der Waals surface area contributed by atoms with Crippen molar-refractivity contribution in [1.29, 1.82) is 0 Å². The van der Waals surface area contributed by atoms with Crippen LogP contribution in [0.5, 0.6) is 5.75 Å². The van der Waals surface area contributed by atoms with Crippen molar-refractivity contribution >= 4 is 29.1 Å². The highest BCUT2D eigenvalue weighted by atomic mass is 16.6. The van der Waals surface area contributed by atoms with E-state index in [0.717, 1.165) is 42.7 Å². The number of hydrogen-bond donors (Lipinski definition) is 1. The molecule has 2 aromatic heterocycles. The normalized spacial score (nSPS) is 21.0. The summed E-state index contributed by atoms with van der Waals surface area (Å²) in [7, 11) is 2.10. The fraction of sp³-hybridized carbons (Fsp3) is 0.528. The van der Waals surface area contributed by atoms with E-state index in [2.05, 4.69) is 16.8 Å². The van der Waals surface area contributed by atoms with E-state index in [0.29, 0.717) is 55.4 Å². The standard InChI is InChI=1S/C36H44N6O8/c1-6-36(47)26-18-28-30-22(19-42(28)31(43)25(26)21-48-32(36)44)17-23-24(20-39-11-9-38(5)10-12-39)29(8-7-27(23)37-30)49-33(45)40-13-15-41(16-14-40)34(46)50-35(2,3)4/h7-8,17-18,47H,6,9-16,19-21H2,1-5H3/t36-/m0/s1. The number of carbonyl (C=O) groups excluding carboxylic acids is 3. The summed E-state index contributed by atoms with van der Waals surface area (Å²) in [4.78, 5) is 65.2. The molecule has 14 heteroatoms. The van der Waals surface area contributed by atoms with Gasteiger partial charge in [-0.05, 0) is 58.5 Å². The molecule has 266 valence electrons. The maximum absolute atomic E-state index is 13.7. The van der Waals surface area contributed by atoms with E-state index >= 15 is 0 Å². The van der Waals surface area contributed by atoms with Crippen LogP contribution in [0.4, 0.5) is 9.59 Å². The van der Waals surface area contributed by atoms with E-state index in [1.165, 1.54) is 0 Å². The summed E-state index contributed by atoms with van der Waals surface area (Å²) < 4.78 is 18.4. The molecule has 1 aromatic carbocycles. The molecule has 1 N–H and O–H groups in total. The number of amides is 2. The molecule has 4 aliphatic heterocycles. The fourth-order valence-corrected chi connectivity index (χ4v) is 7.14. The first-order valence-corrected chi connectivity index (χ1v) is 17.2. The molecule has 1 atom stereocenters. The Morgan fingerprint density at radius 1 is 0.980 bits per heavy atom. The Balaban J connectivity index is 1.21. The number of rotatable bonds is 4. The number of hydrogen-bond acceptors (Lipinski definition) is 11. The van der Waals surface area contributed by atoms with Crippen LogP contribution in [0, 0.1) is 0 Å². The molecule has 0 unspecified atom stereocenters. The van der Waals surface area contributed by atoms with Gasteiger partial charge in [0.05, 0.1) is 29.0 Å². The van der Waals surface area contributed by atoms with Gasteiger partial charge in [0, 0.05) is 81.0 Å². The Morgan fingerprint density at radius 3 is 2.32 bits per heavy atom. The summed E-state index contributed by atoms with van der Waals surface area (Å²) >= 11 is 0. The van der Waals surface area contributed by atoms with Gasteiger partial charge in [-0.25, -0.2) is 19.4 Å². The fourth-order valence-electron chi connectivity index (χ4n) is 7.14. The summed E-state index contributed by atoms with van der Waals surface area (Å²) in [5.41, 5.74) is 1.16. The molecule has 3 aromatic rings. The van der Waals surface area contributed by atoms with Crippen LogP contribution in [-0.4, -0.2) is 117 Å². The van der Waals surface area contributed by atoms with E-state index in [1.807, 2.05) is 32.9 Å². The van der Waals surface area contributed by atoms with Gasteiger partial charge in [-0.2, -0.15) is 0 Å². The number of piperazine rings is 2. The number of cyclic esters (lactones) is 1. The van der Waals surface area contributed by atoms with Gasteiger partial charge in [-0.15, -0.1) is 0 Å². The van der Waals surface area contributed by atoms with Crippen LogP contribution >= 0.6 is 0 Å². The number of esters is 1. The average Bonchev–Trinajstić information content (AvgIpc) is 3.45. The number of fused-ring (bicyclic) bond motifs is 5. The lowest BCUT2D eigenvalue weighted by Gasteiger charge is -2.35. The molecule has 0 radical (unpaired) electrons. The minimum Gasteiger partial charge on any atom is -0.458 e. The second-order valence-electron chi connectivity index (χ2n) is 14.6. The van der Waals surface area contributed by atoms with Crippen LogP contribution < -0.4 is 10.3 Å². The highest BCUT2D eigenvalue weighted by Crippen LogP contribution is 2.40. The quantitative estimate of drug-likeness (QED) is 0.316. The van der Waals surface area contributed by atoms with E-state index < -0.39 is 29.4 Å². The minimum atomic E-state index is -1.90. The largest absolute Gasteiger partial charge is 0.458 e. The lowest BCUT2D eigenvalue weighted by molar-refractivity contribution is -0.172. The number of pyridine rings is 2. The first-order chi connectivity index (χ1) is 23.8. The van der Waals surface area contributed by atoms with Crippen molar-refractivity contribution in [3.8, 4) is 17.1 Å². The zero-order chi connectivity index (χ0) is 35.5. The van der Waals surface area contributed by atoms with Gasteiger partial charge in [-0.1, -0.05) is 6.92 Å². The zero-order valence-corrected chi connectivity index (χ0v) is 29.3. The smallest absolute Gasteiger partial charge is 0.415 e. The lowest BCUT2D eigenvalue weighted by Crippen LogP contribution is -2.52. The van der Waals surface area contributed by atoms with Crippen molar-refractivity contribution < 1.29 is 33.7 Å². The molecule has 0 spiro atoms. The Labute approximate surface area is 290 Å². The Morgan fingerprint density at radius 2 is 1.66 bits per heavy atom. The molecule has 0 aliphatic carbocycles. The topological polar surface area (TPSA) is 147 Å². The minimum absolute atomic E-state index is 0.0658. The van der Waals surface area contributed by atoms with Gasteiger partial charge < -0.3 is 38.6 Å². The molecule has 2 fully saturated rings. The van der Waals surface area contributed by atoms with Gasteiger partial charge in [0.2, 0.25) is 0 Å². The number of carbonyl (C=O) groups is 3. The van der Waals surface area contributed by atoms with E-state index in [-0.39, 0.29) is 36.3 Å². The van der Waals surface area contributed by atoms with Crippen LogP contribution in [0.25, 0.3) is 22.3 Å². The Hall–Kier alpha value is -4.53. The molecular formula is C36H44N6O8. The second kappa shape index (κ2) is 12.7. The van der Waals surface area contributed by atoms with Gasteiger partial charge >= 0.3 is 18.2 Å². The predicted molar refractivity (Wildman–Crippen MR) is 183 cm³/mol. The van der Waals surface area contributed by atoms with Crippen LogP contribution in [-0.2, 0) is 39.6 Å². The zero-order valence-electron chi connectivity index (χ0n) is 29.3. The summed E-state index contributed by atoms with van der Waals surface area (Å²) in [6.45, 7) is 12.6. The number of ether oxygens (including phenoxy) is 3. The van der Waals surface area contributed by atoms with Crippen molar-refractivity contribution in [2.24, 2.45) is 0 Å². The molecule has 50 heavy (non-hydrogen) atoms. The summed E-state index contributed by atoms with van der Waals surface area (Å²) in [5, 5.41) is 12.1. The van der Waals surface area contributed by atoms with Crippen molar-refractivity contribution in [3.63, 3.8) is 0 Å². The third-order valence-corrected chi connectivity index (χ3v) is 10.1. The Kier molecular flexibility index (Phi) is 8.59. The maximum atomic E-state index is 13.7. The molecule has 4 aliphatic rings. The molecule has 7 rings (SSSR count). The molecule has 14 nitrogen and oxygen atoms in total. The van der Waals surface area contributed by atoms with Crippen LogP contribution in [0.3, 0.4) is 0 Å². The third kappa shape index (κ3) is 6.09. The number of benzene rings is 1. The maximum Gasteiger partial charge on any atom is 0.415 e. The number of nitrogens with zero attached hydrogens (tertiary/aromatic N) is 6. The van der Waals surface area contributed by atoms with E-state index in [4.69, 9.17) is 19.2 Å². The highest BCUT2D eigenvalue weighted by molar-refractivity contribution is 5.90. The van der Waals surface area contributed by atoms with Crippen molar-refractivity contribution in [2.45, 2.75) is 65.0 Å². The highest BCUT2D eigenvalue weighted by Gasteiger charge is 2.45. The van der Waals surface area contributed by atoms with Crippen LogP contribution in [0.15, 0.2) is 29.1 Å². The summed E-state index contributed by atoms with van der Waals surface area (Å²) in [5.74, 6) is -0.327. The second-order valence-corrected chi connectivity index (χ2v) is 14.6. The molecular weight excluding hydrogens is 644 g/mol. The summed E-state index contributed by atoms with van der Waals surface area (Å²) in [6.07, 6.45) is -0.829. The third-order valence-electron chi connectivity index (χ3n) is 10.1. The number of aromatic nitrogens is 2. The number of likely N-dealkylation sites (N-methyl/N-ethyl adjacent to an activating group) is 1. The lowest BCUT2D eigenvalue weighted by atomic mass is 9.86.